The van der Waals surface area contributed by atoms with Gasteiger partial charge in [0, 0.05) is 0 Å². The van der Waals surface area contributed by atoms with Gasteiger partial charge in [-0.25, -0.2) is 0 Å². The van der Waals surface area contributed by atoms with E-state index in [-0.39, 0.29) is 0 Å². The third-order valence-corrected chi connectivity index (χ3v) is 0.843. The van der Waals surface area contributed by atoms with E-state index in [4.69, 9.17) is 3.87 Å². The first-order chi connectivity index (χ1) is 5.81. The summed E-state index contributed by atoms with van der Waals surface area (Å²) in [6.07, 6.45) is 2.50. The summed E-state index contributed by atoms with van der Waals surface area (Å²) < 4.78 is 7.94. The Morgan fingerprint density at radius 1 is 1.33 bits per heavy atom. The summed E-state index contributed by atoms with van der Waals surface area (Å²) in [6, 6.07) is 9.87. The monoisotopic (exact) mass is 207 g/mol. The first kappa shape index (κ1) is 13.7. The van der Waals surface area contributed by atoms with Gasteiger partial charge in [0.25, 0.3) is 0 Å². The van der Waals surface area contributed by atoms with Crippen molar-refractivity contribution in [2.45, 2.75) is 6.92 Å². The minimum atomic E-state index is 1.07. The molecule has 1 aromatic carbocycles. The van der Waals surface area contributed by atoms with Crippen LogP contribution in [0.2, 0.25) is 0 Å². The molecule has 0 spiro atoms. The molecule has 0 aliphatic carbocycles. The summed E-state index contributed by atoms with van der Waals surface area (Å²) in [4.78, 5) is 0. The SMILES string of the molecule is C=[C-]C.[CH2-]c1ccccc1.[O]=[Co]. The van der Waals surface area contributed by atoms with Crippen molar-refractivity contribution in [2.75, 3.05) is 0 Å². The average molecular weight is 207 g/mol. The van der Waals surface area contributed by atoms with Gasteiger partial charge in [0.1, 0.15) is 0 Å². The van der Waals surface area contributed by atoms with Crippen LogP contribution in [-0.2, 0) is 19.5 Å². The topological polar surface area (TPSA) is 17.1 Å². The molecule has 0 saturated carbocycles. The fourth-order valence-electron chi connectivity index (χ4n) is 0.478. The van der Waals surface area contributed by atoms with Crippen molar-refractivity contribution >= 4 is 0 Å². The Balaban J connectivity index is 0. The summed E-state index contributed by atoms with van der Waals surface area (Å²) in [5.41, 5.74) is 1.07. The third-order valence-electron chi connectivity index (χ3n) is 0.843. The van der Waals surface area contributed by atoms with E-state index in [2.05, 4.69) is 35.2 Å². The molecule has 0 saturated heterocycles. The molecular formula is C10H12CoO-2. The fraction of sp³-hybridized carbons (Fsp3) is 0.100. The van der Waals surface area contributed by atoms with Crippen molar-refractivity contribution in [3.8, 4) is 0 Å². The number of benzene rings is 1. The van der Waals surface area contributed by atoms with Crippen molar-refractivity contribution in [1.82, 2.24) is 0 Å². The van der Waals surface area contributed by atoms with Crippen LogP contribution >= 0.6 is 0 Å². The fourth-order valence-corrected chi connectivity index (χ4v) is 0.478. The van der Waals surface area contributed by atoms with E-state index in [1.807, 2.05) is 30.3 Å². The van der Waals surface area contributed by atoms with E-state index in [1.165, 1.54) is 0 Å². The molecule has 0 unspecified atom stereocenters. The molecule has 0 aliphatic rings. The summed E-state index contributed by atoms with van der Waals surface area (Å²) in [5.74, 6) is 0. The van der Waals surface area contributed by atoms with Crippen molar-refractivity contribution < 1.29 is 19.5 Å². The van der Waals surface area contributed by atoms with Crippen LogP contribution in [0.1, 0.15) is 12.5 Å². The molecule has 1 rings (SSSR count). The van der Waals surface area contributed by atoms with Gasteiger partial charge in [-0.2, -0.15) is 31.5 Å². The quantitative estimate of drug-likeness (QED) is 0.598. The van der Waals surface area contributed by atoms with Gasteiger partial charge in [0.15, 0.2) is 0 Å². The van der Waals surface area contributed by atoms with Gasteiger partial charge in [-0.1, -0.05) is 6.07 Å². The second kappa shape index (κ2) is 12.8. The summed E-state index contributed by atoms with van der Waals surface area (Å²) in [5, 5.41) is 0. The van der Waals surface area contributed by atoms with Crippen molar-refractivity contribution in [2.24, 2.45) is 0 Å². The summed E-state index contributed by atoms with van der Waals surface area (Å²) in [6.45, 7) is 8.72. The van der Waals surface area contributed by atoms with Crippen LogP contribution in [0, 0.1) is 13.0 Å². The zero-order valence-electron chi connectivity index (χ0n) is 7.04. The molecule has 1 nitrogen and oxygen atoms in total. The van der Waals surface area contributed by atoms with E-state index in [0.717, 1.165) is 5.56 Å². The van der Waals surface area contributed by atoms with Crippen LogP contribution < -0.4 is 0 Å². The number of hydrogen-bond donors (Lipinski definition) is 0. The molecule has 0 bridgehead atoms. The molecule has 0 radical (unpaired) electrons. The molecule has 0 N–H and O–H groups in total. The Morgan fingerprint density at radius 2 is 1.67 bits per heavy atom. The van der Waals surface area contributed by atoms with Gasteiger partial charge >= 0.3 is 19.5 Å². The van der Waals surface area contributed by atoms with E-state index >= 15 is 0 Å². The van der Waals surface area contributed by atoms with Gasteiger partial charge in [-0.3, -0.25) is 6.58 Å². The van der Waals surface area contributed by atoms with Gasteiger partial charge in [-0.05, 0) is 0 Å². The molecule has 2 heteroatoms. The summed E-state index contributed by atoms with van der Waals surface area (Å²) >= 11 is 2.31. The first-order valence-electron chi connectivity index (χ1n) is 3.25. The summed E-state index contributed by atoms with van der Waals surface area (Å²) in [7, 11) is 0. The van der Waals surface area contributed by atoms with E-state index in [9.17, 15) is 0 Å². The van der Waals surface area contributed by atoms with Crippen molar-refractivity contribution in [3.05, 3.63) is 55.5 Å². The molecule has 69 valence electrons. The van der Waals surface area contributed by atoms with Crippen LogP contribution in [0.3, 0.4) is 0 Å². The van der Waals surface area contributed by atoms with Gasteiger partial charge in [0.05, 0.1) is 0 Å². The van der Waals surface area contributed by atoms with Crippen LogP contribution in [0.4, 0.5) is 0 Å². The maximum atomic E-state index is 7.94. The maximum absolute atomic E-state index is 7.94. The van der Waals surface area contributed by atoms with Gasteiger partial charge in [0.2, 0.25) is 0 Å². The Morgan fingerprint density at radius 3 is 1.83 bits per heavy atom. The standard InChI is InChI=1S/C7H7.C3H5.Co.O/c1-7-5-3-2-4-6-7;1-3-2;;/h2-6H,1H2;1H2,2H3;;/q2*-1;;. The van der Waals surface area contributed by atoms with Gasteiger partial charge in [-0.15, -0.1) is 12.1 Å². The number of hydrogen-bond acceptors (Lipinski definition) is 1. The zero-order valence-corrected chi connectivity index (χ0v) is 8.08. The Labute approximate surface area is 82.3 Å². The molecule has 0 fully saturated rings. The van der Waals surface area contributed by atoms with Crippen LogP contribution in [0.15, 0.2) is 36.9 Å². The van der Waals surface area contributed by atoms with Crippen molar-refractivity contribution in [3.63, 3.8) is 0 Å². The third kappa shape index (κ3) is 11.9. The molecule has 12 heavy (non-hydrogen) atoms. The second-order valence-electron chi connectivity index (χ2n) is 1.84. The predicted molar refractivity (Wildman–Crippen MR) is 46.1 cm³/mol. The first-order valence-corrected chi connectivity index (χ1v) is 3.68. The average Bonchev–Trinajstić information content (AvgIpc) is 2.11. The zero-order chi connectivity index (χ0) is 9.82. The van der Waals surface area contributed by atoms with Crippen molar-refractivity contribution in [1.29, 1.82) is 0 Å². The molecule has 1 aromatic rings. The van der Waals surface area contributed by atoms with Gasteiger partial charge < -0.3 is 6.08 Å². The Hall–Kier alpha value is -0.864. The van der Waals surface area contributed by atoms with E-state index < -0.39 is 0 Å². The minimum absolute atomic E-state index is 1.07. The van der Waals surface area contributed by atoms with Crippen LogP contribution in [0.25, 0.3) is 0 Å². The normalized spacial score (nSPS) is 6.50. The number of rotatable bonds is 0. The molecule has 0 amide bonds. The second-order valence-corrected chi connectivity index (χ2v) is 1.84. The molecule has 0 atom stereocenters. The Kier molecular flexibility index (Phi) is 14.6. The van der Waals surface area contributed by atoms with Crippen LogP contribution in [-0.4, -0.2) is 0 Å². The van der Waals surface area contributed by atoms with Crippen LogP contribution in [0.5, 0.6) is 0 Å². The van der Waals surface area contributed by atoms with E-state index in [0.29, 0.717) is 0 Å². The molecule has 0 aromatic heterocycles. The number of allylic oxidation sites excluding steroid dienone is 1. The molecular weight excluding hydrogens is 195 g/mol. The molecule has 0 heterocycles. The molecule has 0 aliphatic heterocycles. The Bertz CT molecular complexity index is 184. The van der Waals surface area contributed by atoms with E-state index in [1.54, 1.807) is 6.92 Å². The predicted octanol–water partition coefficient (Wildman–Crippen LogP) is 2.74.